The van der Waals surface area contributed by atoms with Crippen LogP contribution in [0, 0.1) is 5.82 Å². The molecule has 0 saturated heterocycles. The quantitative estimate of drug-likeness (QED) is 0.895. The van der Waals surface area contributed by atoms with Gasteiger partial charge in [0.05, 0.1) is 5.69 Å². The van der Waals surface area contributed by atoms with E-state index in [0.717, 1.165) is 4.47 Å². The molecule has 1 atom stereocenters. The first kappa shape index (κ1) is 10.7. The van der Waals surface area contributed by atoms with Crippen LogP contribution in [0.15, 0.2) is 22.7 Å². The van der Waals surface area contributed by atoms with E-state index in [-0.39, 0.29) is 5.69 Å². The molecule has 0 radical (unpaired) electrons. The van der Waals surface area contributed by atoms with Crippen molar-refractivity contribution in [1.29, 1.82) is 0 Å². The maximum Gasteiger partial charge on any atom is 0.147 e. The van der Waals surface area contributed by atoms with Gasteiger partial charge in [-0.25, -0.2) is 8.60 Å². The molecule has 0 saturated carbocycles. The zero-order valence-electron chi connectivity index (χ0n) is 7.01. The third-order valence-corrected chi connectivity index (χ3v) is 2.88. The van der Waals surface area contributed by atoms with Crippen molar-refractivity contribution in [2.75, 3.05) is 10.5 Å². The van der Waals surface area contributed by atoms with Gasteiger partial charge in [-0.2, -0.15) is 0 Å². The largest absolute Gasteiger partial charge is 0.302 e. The fourth-order valence-corrected chi connectivity index (χ4v) is 1.68. The van der Waals surface area contributed by atoms with Gasteiger partial charge in [-0.1, -0.05) is 22.9 Å². The van der Waals surface area contributed by atoms with E-state index in [1.165, 1.54) is 6.07 Å². The smallest absolute Gasteiger partial charge is 0.147 e. The van der Waals surface area contributed by atoms with Gasteiger partial charge in [0.2, 0.25) is 0 Å². The highest BCUT2D eigenvalue weighted by molar-refractivity contribution is 9.10. The molecule has 0 aliphatic heterocycles. The number of halogens is 2. The van der Waals surface area contributed by atoms with E-state index in [4.69, 9.17) is 0 Å². The van der Waals surface area contributed by atoms with Crippen LogP contribution in [0.5, 0.6) is 0 Å². The predicted octanol–water partition coefficient (Wildman–Crippen LogP) is 2.68. The minimum Gasteiger partial charge on any atom is -0.302 e. The van der Waals surface area contributed by atoms with Crippen LogP contribution in [0.2, 0.25) is 0 Å². The van der Waals surface area contributed by atoms with Crippen LogP contribution in [0.1, 0.15) is 6.92 Å². The van der Waals surface area contributed by atoms with Gasteiger partial charge in [0.1, 0.15) is 16.8 Å². The van der Waals surface area contributed by atoms with Crippen LogP contribution in [0.25, 0.3) is 0 Å². The molecule has 0 heterocycles. The zero-order valence-corrected chi connectivity index (χ0v) is 9.41. The number of hydrogen-bond donors (Lipinski definition) is 1. The van der Waals surface area contributed by atoms with Crippen LogP contribution in [0.4, 0.5) is 10.1 Å². The molecule has 5 heteroatoms. The fraction of sp³-hybridized carbons (Fsp3) is 0.250. The number of benzene rings is 1. The van der Waals surface area contributed by atoms with Crippen molar-refractivity contribution in [1.82, 2.24) is 0 Å². The number of anilines is 1. The Labute approximate surface area is 87.3 Å². The summed E-state index contributed by atoms with van der Waals surface area (Å²) in [6, 6.07) is 4.47. The highest BCUT2D eigenvalue weighted by atomic mass is 79.9. The molecule has 0 fully saturated rings. The summed E-state index contributed by atoms with van der Waals surface area (Å²) in [5.74, 6) is 0.0522. The SMILES string of the molecule is CCS(=O)Nc1cc(Br)ccc1F. The second-order valence-electron chi connectivity index (χ2n) is 2.36. The van der Waals surface area contributed by atoms with E-state index in [2.05, 4.69) is 20.7 Å². The van der Waals surface area contributed by atoms with Gasteiger partial charge < -0.3 is 4.72 Å². The third-order valence-electron chi connectivity index (χ3n) is 1.41. The van der Waals surface area contributed by atoms with Crippen LogP contribution < -0.4 is 4.72 Å². The van der Waals surface area contributed by atoms with Crippen LogP contribution in [-0.2, 0) is 11.0 Å². The lowest BCUT2D eigenvalue weighted by atomic mass is 10.3. The Hall–Kier alpha value is -0.420. The Kier molecular flexibility index (Phi) is 3.87. The number of rotatable bonds is 3. The highest BCUT2D eigenvalue weighted by Crippen LogP contribution is 2.20. The van der Waals surface area contributed by atoms with Crippen molar-refractivity contribution in [2.24, 2.45) is 0 Å². The van der Waals surface area contributed by atoms with Crippen LogP contribution >= 0.6 is 15.9 Å². The van der Waals surface area contributed by atoms with Gasteiger partial charge >= 0.3 is 0 Å². The molecule has 2 nitrogen and oxygen atoms in total. The average Bonchev–Trinajstić information content (AvgIpc) is 2.11. The summed E-state index contributed by atoms with van der Waals surface area (Å²) in [6.07, 6.45) is 0. The second-order valence-corrected chi connectivity index (χ2v) is 4.75. The van der Waals surface area contributed by atoms with E-state index in [0.29, 0.717) is 5.75 Å². The van der Waals surface area contributed by atoms with Crippen molar-refractivity contribution in [3.8, 4) is 0 Å². The summed E-state index contributed by atoms with van der Waals surface area (Å²) in [5, 5.41) is 0. The third kappa shape index (κ3) is 3.08. The van der Waals surface area contributed by atoms with E-state index >= 15 is 0 Å². The fourth-order valence-electron chi connectivity index (χ4n) is 0.771. The van der Waals surface area contributed by atoms with Gasteiger partial charge in [-0.3, -0.25) is 0 Å². The molecule has 0 bridgehead atoms. The molecular formula is C8H9BrFNOS. The summed E-state index contributed by atoms with van der Waals surface area (Å²) < 4.78 is 27.4. The van der Waals surface area contributed by atoms with Crippen molar-refractivity contribution in [2.45, 2.75) is 6.92 Å². The summed E-state index contributed by atoms with van der Waals surface area (Å²) in [6.45, 7) is 1.76. The summed E-state index contributed by atoms with van der Waals surface area (Å²) in [5.41, 5.74) is 0.259. The molecule has 1 aromatic carbocycles. The maximum atomic E-state index is 13.0. The summed E-state index contributed by atoms with van der Waals surface area (Å²) in [7, 11) is -1.21. The Morgan fingerprint density at radius 3 is 2.92 bits per heavy atom. The van der Waals surface area contributed by atoms with Gasteiger partial charge in [-0.15, -0.1) is 0 Å². The van der Waals surface area contributed by atoms with E-state index in [9.17, 15) is 8.60 Å². The van der Waals surface area contributed by atoms with Crippen LogP contribution in [0.3, 0.4) is 0 Å². The minimum absolute atomic E-state index is 0.259. The maximum absolute atomic E-state index is 13.0. The van der Waals surface area contributed by atoms with Crippen molar-refractivity contribution >= 4 is 32.6 Å². The summed E-state index contributed by atoms with van der Waals surface area (Å²) >= 11 is 3.20. The molecule has 72 valence electrons. The lowest BCUT2D eigenvalue weighted by Crippen LogP contribution is -2.07. The topological polar surface area (TPSA) is 29.1 Å². The predicted molar refractivity (Wildman–Crippen MR) is 56.4 cm³/mol. The van der Waals surface area contributed by atoms with E-state index in [1.807, 2.05) is 0 Å². The zero-order chi connectivity index (χ0) is 9.84. The molecule has 1 rings (SSSR count). The minimum atomic E-state index is -1.21. The lowest BCUT2D eigenvalue weighted by Gasteiger charge is -2.05. The number of nitrogens with one attached hydrogen (secondary N) is 1. The molecule has 0 aliphatic carbocycles. The Morgan fingerprint density at radius 2 is 2.31 bits per heavy atom. The second kappa shape index (κ2) is 4.72. The molecule has 0 aromatic heterocycles. The first-order valence-electron chi connectivity index (χ1n) is 3.73. The van der Waals surface area contributed by atoms with Crippen LogP contribution in [-0.4, -0.2) is 9.96 Å². The monoisotopic (exact) mass is 265 g/mol. The van der Waals surface area contributed by atoms with Crippen molar-refractivity contribution in [3.05, 3.63) is 28.5 Å². The molecular weight excluding hydrogens is 257 g/mol. The van der Waals surface area contributed by atoms with Gasteiger partial charge in [0.25, 0.3) is 0 Å². The Balaban J connectivity index is 2.87. The Bertz CT molecular complexity index is 332. The van der Waals surface area contributed by atoms with Gasteiger partial charge in [0, 0.05) is 10.2 Å². The molecule has 13 heavy (non-hydrogen) atoms. The van der Waals surface area contributed by atoms with Gasteiger partial charge in [-0.05, 0) is 18.2 Å². The van der Waals surface area contributed by atoms with Gasteiger partial charge in [0.15, 0.2) is 0 Å². The first-order chi connectivity index (χ1) is 6.13. The molecule has 1 aromatic rings. The first-order valence-corrected chi connectivity index (χ1v) is 5.84. The average molecular weight is 266 g/mol. The number of hydrogen-bond acceptors (Lipinski definition) is 1. The molecule has 1 N–H and O–H groups in total. The molecule has 0 amide bonds. The van der Waals surface area contributed by atoms with E-state index < -0.39 is 16.8 Å². The molecule has 0 aliphatic rings. The summed E-state index contributed by atoms with van der Waals surface area (Å²) in [4.78, 5) is 0. The normalized spacial score (nSPS) is 12.5. The molecule has 1 unspecified atom stereocenters. The molecule has 0 spiro atoms. The standard InChI is InChI=1S/C8H9BrFNOS/c1-2-13(12)11-8-5-6(9)3-4-7(8)10/h3-5,11H,2H2,1H3. The Morgan fingerprint density at radius 1 is 1.62 bits per heavy atom. The highest BCUT2D eigenvalue weighted by Gasteiger charge is 2.04. The lowest BCUT2D eigenvalue weighted by molar-refractivity contribution is 0.631. The van der Waals surface area contributed by atoms with Crippen molar-refractivity contribution < 1.29 is 8.60 Å². The van der Waals surface area contributed by atoms with Crippen molar-refractivity contribution in [3.63, 3.8) is 0 Å². The van der Waals surface area contributed by atoms with E-state index in [1.54, 1.807) is 19.1 Å².